The van der Waals surface area contributed by atoms with Gasteiger partial charge in [0, 0.05) is 34.7 Å². The molecule has 0 spiro atoms. The van der Waals surface area contributed by atoms with E-state index in [0.717, 1.165) is 10.5 Å². The van der Waals surface area contributed by atoms with Crippen LogP contribution in [0.1, 0.15) is 29.9 Å². The van der Waals surface area contributed by atoms with Crippen molar-refractivity contribution >= 4 is 52.3 Å². The Kier molecular flexibility index (Phi) is 7.57. The molecule has 2 saturated heterocycles. The Bertz CT molecular complexity index is 2190. The Labute approximate surface area is 296 Å². The summed E-state index contributed by atoms with van der Waals surface area (Å²) in [5, 5.41) is 22.1. The van der Waals surface area contributed by atoms with Gasteiger partial charge in [-0.25, -0.2) is 4.90 Å². The summed E-state index contributed by atoms with van der Waals surface area (Å²) in [7, 11) is 1.46. The maximum absolute atomic E-state index is 15.3. The van der Waals surface area contributed by atoms with Gasteiger partial charge >= 0.3 is 0 Å². The van der Waals surface area contributed by atoms with Gasteiger partial charge < -0.3 is 9.84 Å². The number of amides is 4. The van der Waals surface area contributed by atoms with E-state index in [1.54, 1.807) is 30.3 Å². The lowest BCUT2D eigenvalue weighted by atomic mass is 9.49. The molecule has 0 bridgehead atoms. The second-order valence-electron chi connectivity index (χ2n) is 13.3. The quantitative estimate of drug-likeness (QED) is 0.106. The number of phenols is 1. The molecule has 4 aromatic rings. The largest absolute Gasteiger partial charge is 0.508 e. The van der Waals surface area contributed by atoms with Crippen LogP contribution in [0.3, 0.4) is 0 Å². The second-order valence-corrected chi connectivity index (χ2v) is 13.7. The SMILES string of the molecule is COc1cc(O)ccc1C1C2=CCC3C(=O)N(c4ccc([N+](=O)[O-])cc4)C(=O)C3C2CC2C(=O)N(c3cccc(Cl)c3)C(=O)C21c1ccccc1. The molecule has 0 radical (unpaired) electrons. The Balaban J connectivity index is 1.34. The molecule has 3 fully saturated rings. The molecule has 11 nitrogen and oxygen atoms in total. The van der Waals surface area contributed by atoms with Crippen LogP contribution in [0.25, 0.3) is 0 Å². The van der Waals surface area contributed by atoms with E-state index in [1.807, 2.05) is 36.4 Å². The van der Waals surface area contributed by atoms with Crippen molar-refractivity contribution in [3.8, 4) is 11.5 Å². The van der Waals surface area contributed by atoms with Crippen molar-refractivity contribution in [1.82, 2.24) is 0 Å². The van der Waals surface area contributed by atoms with Crippen LogP contribution in [-0.4, -0.2) is 40.8 Å². The molecule has 12 heteroatoms. The summed E-state index contributed by atoms with van der Waals surface area (Å²) in [6, 6.07) is 25.5. The molecule has 2 heterocycles. The first-order valence-corrected chi connectivity index (χ1v) is 16.8. The molecule has 2 aliphatic heterocycles. The molecule has 4 aliphatic rings. The number of phenolic OH excluding ortho intramolecular Hbond substituents is 1. The molecule has 4 aromatic carbocycles. The van der Waals surface area contributed by atoms with Crippen molar-refractivity contribution in [3.05, 3.63) is 135 Å². The van der Waals surface area contributed by atoms with E-state index in [4.69, 9.17) is 16.3 Å². The number of ether oxygens (including phenoxy) is 1. The van der Waals surface area contributed by atoms with E-state index in [0.29, 0.717) is 27.6 Å². The van der Waals surface area contributed by atoms with Crippen molar-refractivity contribution in [1.29, 1.82) is 0 Å². The molecule has 0 aromatic heterocycles. The number of aromatic hydroxyl groups is 1. The van der Waals surface area contributed by atoms with Gasteiger partial charge in [0.25, 0.3) is 5.69 Å². The number of hydrogen-bond acceptors (Lipinski definition) is 8. The molecule has 8 rings (SSSR count). The highest BCUT2D eigenvalue weighted by Crippen LogP contribution is 2.65. The summed E-state index contributed by atoms with van der Waals surface area (Å²) in [5.41, 5.74) is 0.702. The van der Waals surface area contributed by atoms with E-state index < -0.39 is 63.6 Å². The summed E-state index contributed by atoms with van der Waals surface area (Å²) in [6.07, 6.45) is 2.21. The van der Waals surface area contributed by atoms with E-state index >= 15 is 4.79 Å². The van der Waals surface area contributed by atoms with E-state index in [-0.39, 0.29) is 30.0 Å². The van der Waals surface area contributed by atoms with Gasteiger partial charge in [0.1, 0.15) is 11.5 Å². The van der Waals surface area contributed by atoms with Gasteiger partial charge in [-0.3, -0.25) is 34.2 Å². The zero-order valence-corrected chi connectivity index (χ0v) is 27.9. The average Bonchev–Trinajstić information content (AvgIpc) is 3.52. The number of rotatable bonds is 6. The average molecular weight is 704 g/mol. The maximum atomic E-state index is 15.3. The third-order valence-electron chi connectivity index (χ3n) is 11.0. The van der Waals surface area contributed by atoms with Crippen molar-refractivity contribution < 1.29 is 33.9 Å². The fourth-order valence-corrected chi connectivity index (χ4v) is 9.19. The highest BCUT2D eigenvalue weighted by Gasteiger charge is 2.70. The van der Waals surface area contributed by atoms with Gasteiger partial charge in [0.2, 0.25) is 23.6 Å². The Hall–Kier alpha value is -5.81. The molecular weight excluding hydrogens is 674 g/mol. The summed E-state index contributed by atoms with van der Waals surface area (Å²) in [5.74, 6) is -5.67. The van der Waals surface area contributed by atoms with Gasteiger partial charge in [0.05, 0.1) is 46.6 Å². The topological polar surface area (TPSA) is 147 Å². The first-order chi connectivity index (χ1) is 24.6. The molecule has 256 valence electrons. The van der Waals surface area contributed by atoms with Crippen LogP contribution < -0.4 is 14.5 Å². The van der Waals surface area contributed by atoms with Crippen LogP contribution in [0.4, 0.5) is 17.1 Å². The van der Waals surface area contributed by atoms with Gasteiger partial charge in [-0.05, 0) is 60.7 Å². The standard InChI is InChI=1S/C39H30ClN3O8/c1-51-32-19-26(44)14-15-28(32)34-27-16-17-29-33(37(47)41(35(29)45)23-10-12-24(13-11-23)43(49)50)30(27)20-31-36(46)42(25-9-5-8-22(40)18-25)38(48)39(31,34)21-6-3-2-4-7-21/h2-16,18-19,29-31,33-34,44H,17,20H2,1H3. The number of carbonyl (C=O) groups is 4. The Morgan fingerprint density at radius 1 is 0.843 bits per heavy atom. The number of nitrogens with zero attached hydrogens (tertiary/aromatic N) is 3. The Morgan fingerprint density at radius 3 is 2.27 bits per heavy atom. The maximum Gasteiger partial charge on any atom is 0.269 e. The molecule has 1 N–H and O–H groups in total. The minimum absolute atomic E-state index is 0.0596. The third kappa shape index (κ3) is 4.64. The number of benzene rings is 4. The van der Waals surface area contributed by atoms with Crippen molar-refractivity contribution in [3.63, 3.8) is 0 Å². The van der Waals surface area contributed by atoms with Crippen LogP contribution in [-0.2, 0) is 24.6 Å². The predicted molar refractivity (Wildman–Crippen MR) is 186 cm³/mol. The minimum atomic E-state index is -1.51. The van der Waals surface area contributed by atoms with Crippen molar-refractivity contribution in [2.75, 3.05) is 16.9 Å². The molecule has 1 saturated carbocycles. The molecule has 51 heavy (non-hydrogen) atoms. The number of anilines is 2. The third-order valence-corrected chi connectivity index (χ3v) is 11.2. The first kappa shape index (κ1) is 32.4. The number of nitro groups is 1. The van der Waals surface area contributed by atoms with Crippen LogP contribution in [0, 0.1) is 33.8 Å². The smallest absolute Gasteiger partial charge is 0.269 e. The number of allylic oxidation sites excluding steroid dienone is 2. The normalized spacial score (nSPS) is 26.8. The number of imide groups is 2. The highest BCUT2D eigenvalue weighted by atomic mass is 35.5. The zero-order valence-electron chi connectivity index (χ0n) is 27.1. The second kappa shape index (κ2) is 11.9. The lowest BCUT2D eigenvalue weighted by molar-refractivity contribution is -0.384. The van der Waals surface area contributed by atoms with E-state index in [1.165, 1.54) is 48.4 Å². The number of nitro benzene ring substituents is 1. The fourth-order valence-electron chi connectivity index (χ4n) is 9.00. The van der Waals surface area contributed by atoms with Crippen LogP contribution in [0.5, 0.6) is 11.5 Å². The predicted octanol–water partition coefficient (Wildman–Crippen LogP) is 6.33. The number of hydrogen-bond donors (Lipinski definition) is 1. The molecule has 6 unspecified atom stereocenters. The van der Waals surface area contributed by atoms with Gasteiger partial charge in [-0.15, -0.1) is 0 Å². The zero-order chi connectivity index (χ0) is 35.8. The Morgan fingerprint density at radius 2 is 1.59 bits per heavy atom. The van der Waals surface area contributed by atoms with Gasteiger partial charge in [0.15, 0.2) is 0 Å². The van der Waals surface area contributed by atoms with E-state index in [9.17, 15) is 29.6 Å². The highest BCUT2D eigenvalue weighted by molar-refractivity contribution is 6.32. The van der Waals surface area contributed by atoms with Gasteiger partial charge in [-0.1, -0.05) is 65.7 Å². The van der Waals surface area contributed by atoms with E-state index in [2.05, 4.69) is 0 Å². The number of methoxy groups -OCH3 is 1. The molecule has 2 aliphatic carbocycles. The number of non-ortho nitro benzene ring substituents is 1. The minimum Gasteiger partial charge on any atom is -0.508 e. The monoisotopic (exact) mass is 703 g/mol. The summed E-state index contributed by atoms with van der Waals surface area (Å²) < 4.78 is 5.81. The number of carbonyl (C=O) groups excluding carboxylic acids is 4. The van der Waals surface area contributed by atoms with Crippen LogP contribution >= 0.6 is 11.6 Å². The number of halogens is 1. The lowest BCUT2D eigenvalue weighted by Gasteiger charge is -2.51. The van der Waals surface area contributed by atoms with Crippen molar-refractivity contribution in [2.24, 2.45) is 23.7 Å². The van der Waals surface area contributed by atoms with Crippen LogP contribution in [0.2, 0.25) is 5.02 Å². The fraction of sp³-hybridized carbons (Fsp3) is 0.231. The van der Waals surface area contributed by atoms with Crippen LogP contribution in [0.15, 0.2) is 109 Å². The molecule has 6 atom stereocenters. The summed E-state index contributed by atoms with van der Waals surface area (Å²) in [6.45, 7) is 0. The first-order valence-electron chi connectivity index (χ1n) is 16.5. The van der Waals surface area contributed by atoms with Gasteiger partial charge in [-0.2, -0.15) is 0 Å². The molecular formula is C39H30ClN3O8. The lowest BCUT2D eigenvalue weighted by Crippen LogP contribution is -2.53. The molecule has 4 amide bonds. The summed E-state index contributed by atoms with van der Waals surface area (Å²) in [4.78, 5) is 71.7. The number of fused-ring (bicyclic) bond motifs is 4. The summed E-state index contributed by atoms with van der Waals surface area (Å²) >= 11 is 6.37. The van der Waals surface area contributed by atoms with Crippen molar-refractivity contribution in [2.45, 2.75) is 24.2 Å².